The summed E-state index contributed by atoms with van der Waals surface area (Å²) >= 11 is 0. The van der Waals surface area contributed by atoms with Gasteiger partial charge in [0.2, 0.25) is 0 Å². The molecule has 6 atom stereocenters. The van der Waals surface area contributed by atoms with Gasteiger partial charge in [0.15, 0.2) is 6.29 Å². The van der Waals surface area contributed by atoms with Crippen molar-refractivity contribution in [1.82, 2.24) is 0 Å². The summed E-state index contributed by atoms with van der Waals surface area (Å²) in [7, 11) is 0. The Labute approximate surface area is 218 Å². The molecule has 0 aromatic carbocycles. The lowest BCUT2D eigenvalue weighted by Gasteiger charge is -2.41. The third-order valence-electron chi connectivity index (χ3n) is 7.22. The van der Waals surface area contributed by atoms with E-state index in [0.29, 0.717) is 0 Å². The summed E-state index contributed by atoms with van der Waals surface area (Å²) < 4.78 is 11.7. The molecule has 0 radical (unpaired) electrons. The minimum atomic E-state index is -1.41. The fourth-order valence-electron chi connectivity index (χ4n) is 4.86. The van der Waals surface area contributed by atoms with E-state index in [2.05, 4.69) is 6.92 Å². The lowest BCUT2D eigenvalue weighted by molar-refractivity contribution is -0.312. The Morgan fingerprint density at radius 2 is 1.19 bits per heavy atom. The van der Waals surface area contributed by atoms with Crippen molar-refractivity contribution < 1.29 is 39.8 Å². The number of aliphatic hydroxyl groups is 4. The number of aliphatic carboxylic acids is 1. The van der Waals surface area contributed by atoms with Crippen molar-refractivity contribution in [2.45, 2.75) is 166 Å². The van der Waals surface area contributed by atoms with Crippen LogP contribution in [0.2, 0.25) is 0 Å². The van der Waals surface area contributed by atoms with Crippen LogP contribution in [-0.4, -0.2) is 74.9 Å². The lowest BCUT2D eigenvalue weighted by atomic mass is 9.98. The van der Waals surface area contributed by atoms with Crippen LogP contribution < -0.4 is 0 Å². The molecule has 0 bridgehead atoms. The Morgan fingerprint density at radius 1 is 0.722 bits per heavy atom. The van der Waals surface area contributed by atoms with Gasteiger partial charge >= 0.3 is 5.97 Å². The van der Waals surface area contributed by atoms with Crippen LogP contribution in [0.25, 0.3) is 0 Å². The normalized spacial score (nSPS) is 25.2. The molecule has 36 heavy (non-hydrogen) atoms. The molecule has 0 aromatic heterocycles. The molecule has 8 heteroatoms. The van der Waals surface area contributed by atoms with Gasteiger partial charge in [0.25, 0.3) is 0 Å². The first-order valence-corrected chi connectivity index (χ1v) is 14.6. The van der Waals surface area contributed by atoms with Gasteiger partial charge in [-0.05, 0) is 19.3 Å². The van der Waals surface area contributed by atoms with E-state index >= 15 is 0 Å². The van der Waals surface area contributed by atoms with Crippen LogP contribution in [-0.2, 0) is 14.3 Å². The molecule has 0 aliphatic carbocycles. The number of rotatable bonds is 23. The summed E-state index contributed by atoms with van der Waals surface area (Å²) in [6.45, 7) is 1.76. The van der Waals surface area contributed by atoms with Crippen LogP contribution in [0.4, 0.5) is 0 Å². The van der Waals surface area contributed by atoms with Crippen LogP contribution >= 0.6 is 0 Å². The maximum Gasteiger partial charge on any atom is 0.303 e. The third-order valence-corrected chi connectivity index (χ3v) is 7.22. The number of ether oxygens (including phenoxy) is 2. The topological polar surface area (TPSA) is 137 Å². The van der Waals surface area contributed by atoms with Gasteiger partial charge in [-0.25, -0.2) is 0 Å². The fraction of sp³-hybridized carbons (Fsp3) is 0.964. The van der Waals surface area contributed by atoms with Gasteiger partial charge in [0, 0.05) is 6.42 Å². The molecule has 0 spiro atoms. The van der Waals surface area contributed by atoms with Gasteiger partial charge in [-0.15, -0.1) is 0 Å². The van der Waals surface area contributed by atoms with Gasteiger partial charge in [-0.2, -0.15) is 0 Å². The van der Waals surface area contributed by atoms with Gasteiger partial charge in [0.1, 0.15) is 24.4 Å². The zero-order chi connectivity index (χ0) is 26.6. The van der Waals surface area contributed by atoms with E-state index in [4.69, 9.17) is 14.6 Å². The molecule has 0 amide bonds. The largest absolute Gasteiger partial charge is 0.481 e. The molecule has 8 nitrogen and oxygen atoms in total. The maximum absolute atomic E-state index is 10.5. The highest BCUT2D eigenvalue weighted by molar-refractivity contribution is 5.66. The molecule has 0 aromatic rings. The molecule has 1 aliphatic rings. The Kier molecular flexibility index (Phi) is 19.6. The molecule has 0 saturated carbocycles. The van der Waals surface area contributed by atoms with Crippen LogP contribution in [0.3, 0.4) is 0 Å². The number of carbonyl (C=O) groups is 1. The number of aliphatic hydroxyl groups excluding tert-OH is 4. The number of hydrogen-bond acceptors (Lipinski definition) is 7. The van der Waals surface area contributed by atoms with Crippen molar-refractivity contribution in [3.63, 3.8) is 0 Å². The van der Waals surface area contributed by atoms with Crippen molar-refractivity contribution in [2.75, 3.05) is 6.61 Å². The van der Waals surface area contributed by atoms with Crippen LogP contribution in [0, 0.1) is 0 Å². The van der Waals surface area contributed by atoms with E-state index < -0.39 is 43.3 Å². The molecule has 5 N–H and O–H groups in total. The zero-order valence-electron chi connectivity index (χ0n) is 22.6. The molecule has 1 saturated heterocycles. The van der Waals surface area contributed by atoms with Gasteiger partial charge in [0.05, 0.1) is 12.7 Å². The summed E-state index contributed by atoms with van der Waals surface area (Å²) in [5, 5.41) is 48.6. The van der Waals surface area contributed by atoms with Crippen LogP contribution in [0.15, 0.2) is 0 Å². The second-order valence-electron chi connectivity index (χ2n) is 10.5. The molecule has 1 fully saturated rings. The van der Waals surface area contributed by atoms with Crippen molar-refractivity contribution in [3.05, 3.63) is 0 Å². The Morgan fingerprint density at radius 3 is 1.67 bits per heavy atom. The standard InChI is InChI=1S/C28H54O8/c1-2-3-4-5-9-12-15-18-22(35-28-27(34)26(33)25(32)23(21-29)36-28)19-16-13-10-7-6-8-11-14-17-20-24(30)31/h22-23,25-29,32-34H,2-21H2,1H3,(H,30,31)/t22?,23-,25-,26+,27-,28-/m1/s1. The van der Waals surface area contributed by atoms with Crippen molar-refractivity contribution in [2.24, 2.45) is 0 Å². The average molecular weight is 519 g/mol. The number of hydrogen-bond donors (Lipinski definition) is 5. The summed E-state index contributed by atoms with van der Waals surface area (Å²) in [5.74, 6) is -0.712. The van der Waals surface area contributed by atoms with Crippen molar-refractivity contribution in [1.29, 1.82) is 0 Å². The van der Waals surface area contributed by atoms with E-state index in [1.165, 1.54) is 44.9 Å². The Balaban J connectivity index is 2.35. The monoisotopic (exact) mass is 518 g/mol. The highest BCUT2D eigenvalue weighted by Crippen LogP contribution is 2.26. The van der Waals surface area contributed by atoms with Gasteiger partial charge < -0.3 is 35.0 Å². The number of unbranched alkanes of at least 4 members (excludes halogenated alkanes) is 14. The third kappa shape index (κ3) is 14.8. The van der Waals surface area contributed by atoms with E-state index in [1.54, 1.807) is 0 Å². The van der Waals surface area contributed by atoms with Crippen LogP contribution in [0.1, 0.15) is 129 Å². The van der Waals surface area contributed by atoms with E-state index in [1.807, 2.05) is 0 Å². The number of carboxylic acid groups (broad SMARTS) is 1. The molecular formula is C28H54O8. The van der Waals surface area contributed by atoms with E-state index in [-0.39, 0.29) is 12.5 Å². The zero-order valence-corrected chi connectivity index (χ0v) is 22.6. The average Bonchev–Trinajstić information content (AvgIpc) is 2.86. The second-order valence-corrected chi connectivity index (χ2v) is 10.5. The minimum Gasteiger partial charge on any atom is -0.481 e. The highest BCUT2D eigenvalue weighted by atomic mass is 16.7. The van der Waals surface area contributed by atoms with Gasteiger partial charge in [-0.1, -0.05) is 103 Å². The summed E-state index contributed by atoms with van der Waals surface area (Å²) in [6.07, 6.45) is 13.8. The van der Waals surface area contributed by atoms with E-state index in [9.17, 15) is 25.2 Å². The lowest BCUT2D eigenvalue weighted by Crippen LogP contribution is -2.59. The van der Waals surface area contributed by atoms with Gasteiger partial charge in [-0.3, -0.25) is 4.79 Å². The first kappa shape index (κ1) is 33.3. The van der Waals surface area contributed by atoms with Crippen molar-refractivity contribution >= 4 is 5.97 Å². The van der Waals surface area contributed by atoms with Crippen molar-refractivity contribution in [3.8, 4) is 0 Å². The molecule has 1 unspecified atom stereocenters. The highest BCUT2D eigenvalue weighted by Gasteiger charge is 2.44. The maximum atomic E-state index is 10.5. The predicted molar refractivity (Wildman–Crippen MR) is 140 cm³/mol. The Hall–Kier alpha value is -0.770. The second kappa shape index (κ2) is 21.2. The smallest absolute Gasteiger partial charge is 0.303 e. The predicted octanol–water partition coefficient (Wildman–Crippen LogP) is 4.69. The molecule has 1 rings (SSSR count). The van der Waals surface area contributed by atoms with E-state index in [0.717, 1.165) is 70.6 Å². The summed E-state index contributed by atoms with van der Waals surface area (Å²) in [4.78, 5) is 10.5. The Bertz CT molecular complexity index is 530. The van der Waals surface area contributed by atoms with Crippen LogP contribution in [0.5, 0.6) is 0 Å². The SMILES string of the molecule is CCCCCCCCCC(CCCCCCCCCCCC(=O)O)O[C@@H]1O[C@H](CO)[C@@H](O)[C@H](O)[C@H]1O. The first-order valence-electron chi connectivity index (χ1n) is 14.6. The quantitative estimate of drug-likeness (QED) is 0.123. The molecule has 1 aliphatic heterocycles. The molecular weight excluding hydrogens is 464 g/mol. The minimum absolute atomic E-state index is 0.101. The molecule has 214 valence electrons. The number of carboxylic acids is 1. The molecule has 1 heterocycles. The summed E-state index contributed by atoms with van der Waals surface area (Å²) in [6, 6.07) is 0. The first-order chi connectivity index (χ1) is 17.4. The fourth-order valence-corrected chi connectivity index (χ4v) is 4.86. The summed E-state index contributed by atoms with van der Waals surface area (Å²) in [5.41, 5.74) is 0.